The van der Waals surface area contributed by atoms with Gasteiger partial charge in [-0.15, -0.1) is 0 Å². The molecule has 2 heterocycles. The molecule has 5 unspecified atom stereocenters. The fourth-order valence-electron chi connectivity index (χ4n) is 2.62. The Labute approximate surface area is 140 Å². The first-order valence-electron chi connectivity index (χ1n) is 7.66. The maximum absolute atomic E-state index is 13.3. The average Bonchev–Trinajstić information content (AvgIpc) is 2.51. The van der Waals surface area contributed by atoms with Crippen molar-refractivity contribution in [1.82, 2.24) is 14.7 Å². The summed E-state index contributed by atoms with van der Waals surface area (Å²) in [5.74, 6) is 0. The Morgan fingerprint density at radius 2 is 1.96 bits per heavy atom. The number of nitrogens with one attached hydrogen (secondary N) is 1. The molecule has 11 heteroatoms. The third-order valence-corrected chi connectivity index (χ3v) is 6.29. The van der Waals surface area contributed by atoms with Gasteiger partial charge in [0.25, 0.3) is 0 Å². The van der Waals surface area contributed by atoms with Gasteiger partial charge in [0.05, 0.1) is 25.4 Å². The van der Waals surface area contributed by atoms with Crippen LogP contribution in [0.25, 0.3) is 0 Å². The summed E-state index contributed by atoms with van der Waals surface area (Å²) >= 11 is 0. The zero-order chi connectivity index (χ0) is 17.0. The van der Waals surface area contributed by atoms with Crippen molar-refractivity contribution in [1.29, 1.82) is 0 Å². The van der Waals surface area contributed by atoms with Crippen LogP contribution in [0, 0.1) is 0 Å². The summed E-state index contributed by atoms with van der Waals surface area (Å²) in [6.45, 7) is 1.66. The summed E-state index contributed by atoms with van der Waals surface area (Å²) in [7, 11) is 11.6. The molecule has 0 aromatic carbocycles. The summed E-state index contributed by atoms with van der Waals surface area (Å²) in [4.78, 5) is 0. The quantitative estimate of drug-likeness (QED) is 0.438. The number of aliphatic hydroxyl groups is 1. The lowest BCUT2D eigenvalue weighted by Crippen LogP contribution is -2.50. The maximum Gasteiger partial charge on any atom is 0.345 e. The van der Waals surface area contributed by atoms with E-state index in [1.54, 1.807) is 18.8 Å². The van der Waals surface area contributed by atoms with Crippen molar-refractivity contribution in [2.24, 2.45) is 0 Å². The summed E-state index contributed by atoms with van der Waals surface area (Å²) in [6, 6.07) is -1.02. The fourth-order valence-corrected chi connectivity index (χ4v) is 4.63. The number of hydrogen-bond donors (Lipinski definition) is 2. The van der Waals surface area contributed by atoms with Crippen molar-refractivity contribution in [3.63, 3.8) is 0 Å². The lowest BCUT2D eigenvalue weighted by molar-refractivity contribution is -0.0586. The molecule has 2 aliphatic heterocycles. The van der Waals surface area contributed by atoms with Crippen LogP contribution in [0.3, 0.4) is 0 Å². The molecule has 0 spiro atoms. The Morgan fingerprint density at radius 1 is 1.26 bits per heavy atom. The molecule has 4 radical (unpaired) electrons. The van der Waals surface area contributed by atoms with Crippen LogP contribution in [0.4, 0.5) is 0 Å². The van der Waals surface area contributed by atoms with Crippen molar-refractivity contribution in [3.05, 3.63) is 0 Å². The highest BCUT2D eigenvalue weighted by Gasteiger charge is 2.40. The van der Waals surface area contributed by atoms with E-state index in [2.05, 4.69) is 5.32 Å². The van der Waals surface area contributed by atoms with Crippen LogP contribution in [0.1, 0.15) is 0 Å². The van der Waals surface area contributed by atoms with Crippen molar-refractivity contribution in [2.75, 3.05) is 53.5 Å². The van der Waals surface area contributed by atoms with E-state index in [-0.39, 0.29) is 32.4 Å². The Hall–Kier alpha value is 0.0799. The first-order chi connectivity index (χ1) is 10.8. The molecule has 0 aromatic heterocycles. The summed E-state index contributed by atoms with van der Waals surface area (Å²) in [5, 5.41) is 12.4. The molecular formula is C12H24B2N3O5P. The molecular weight excluding hydrogens is 319 g/mol. The Bertz CT molecular complexity index is 434. The van der Waals surface area contributed by atoms with Crippen LogP contribution in [0.5, 0.6) is 0 Å². The molecule has 2 N–H and O–H groups in total. The highest BCUT2D eigenvalue weighted by molar-refractivity contribution is 7.53. The number of nitrogens with zero attached hydrogens (tertiary/aromatic N) is 2. The van der Waals surface area contributed by atoms with Gasteiger partial charge in [-0.05, 0) is 14.1 Å². The number of hydrogen-bond acceptors (Lipinski definition) is 6. The molecule has 23 heavy (non-hydrogen) atoms. The Kier molecular flexibility index (Phi) is 7.13. The van der Waals surface area contributed by atoms with E-state index in [4.69, 9.17) is 29.7 Å². The molecule has 2 fully saturated rings. The molecule has 5 atom stereocenters. The second kappa shape index (κ2) is 8.45. The van der Waals surface area contributed by atoms with Crippen LogP contribution in [-0.4, -0.2) is 108 Å². The van der Waals surface area contributed by atoms with Gasteiger partial charge < -0.3 is 24.4 Å². The van der Waals surface area contributed by atoms with Crippen molar-refractivity contribution >= 4 is 23.4 Å². The average molecular weight is 343 g/mol. The Balaban J connectivity index is 2.01. The first-order valence-corrected chi connectivity index (χ1v) is 9.19. The van der Waals surface area contributed by atoms with E-state index in [1.165, 1.54) is 4.67 Å². The molecule has 0 bridgehead atoms. The van der Waals surface area contributed by atoms with E-state index in [9.17, 15) is 9.67 Å². The lowest BCUT2D eigenvalue weighted by atomic mass is 9.98. The minimum Gasteiger partial charge on any atom is -0.394 e. The van der Waals surface area contributed by atoms with E-state index < -0.39 is 25.8 Å². The second-order valence-electron chi connectivity index (χ2n) is 5.94. The van der Waals surface area contributed by atoms with Crippen molar-refractivity contribution in [2.45, 2.75) is 24.2 Å². The first kappa shape index (κ1) is 19.4. The van der Waals surface area contributed by atoms with Gasteiger partial charge in [0, 0.05) is 38.2 Å². The molecule has 2 saturated heterocycles. The SMILES string of the molecule is [B]C1CNCC(COP(=O)(N(C)C)N2CC([B])OC(CO)C2)O1. The molecule has 2 rings (SSSR count). The fraction of sp³-hybridized carbons (Fsp3) is 1.00. The van der Waals surface area contributed by atoms with Gasteiger partial charge in [-0.2, -0.15) is 0 Å². The summed E-state index contributed by atoms with van der Waals surface area (Å²) in [5.41, 5.74) is 0. The second-order valence-corrected chi connectivity index (χ2v) is 8.54. The van der Waals surface area contributed by atoms with Gasteiger partial charge in [0.2, 0.25) is 0 Å². The normalized spacial score (nSPS) is 36.0. The van der Waals surface area contributed by atoms with Crippen LogP contribution in [0.2, 0.25) is 0 Å². The van der Waals surface area contributed by atoms with Gasteiger partial charge in [-0.25, -0.2) is 9.34 Å². The molecule has 0 saturated carbocycles. The maximum atomic E-state index is 13.3. The van der Waals surface area contributed by atoms with Crippen LogP contribution < -0.4 is 5.32 Å². The highest BCUT2D eigenvalue weighted by Crippen LogP contribution is 2.53. The number of rotatable bonds is 6. The van der Waals surface area contributed by atoms with Crippen molar-refractivity contribution in [3.8, 4) is 0 Å². The standard InChI is InChI=1S/C12H24B2N3O5P/c1-16(2)23(19,17-5-10(7-18)22-12(14)6-17)20-8-9-3-15-4-11(13)21-9/h9-12,15,18H,3-8H2,1-2H3. The highest BCUT2D eigenvalue weighted by atomic mass is 31.2. The van der Waals surface area contributed by atoms with Crippen molar-refractivity contribution < 1.29 is 23.7 Å². The number of morpholine rings is 2. The zero-order valence-electron chi connectivity index (χ0n) is 13.6. The van der Waals surface area contributed by atoms with Gasteiger partial charge in [0.1, 0.15) is 15.7 Å². The molecule has 128 valence electrons. The zero-order valence-corrected chi connectivity index (χ0v) is 14.5. The predicted molar refractivity (Wildman–Crippen MR) is 87.6 cm³/mol. The van der Waals surface area contributed by atoms with Gasteiger partial charge >= 0.3 is 7.67 Å². The number of ether oxygens (including phenoxy) is 2. The van der Waals surface area contributed by atoms with E-state index in [0.29, 0.717) is 13.1 Å². The molecule has 0 aromatic rings. The van der Waals surface area contributed by atoms with Gasteiger partial charge in [-0.3, -0.25) is 4.57 Å². The summed E-state index contributed by atoms with van der Waals surface area (Å²) < 4.78 is 33.2. The largest absolute Gasteiger partial charge is 0.394 e. The van der Waals surface area contributed by atoms with Gasteiger partial charge in [0.15, 0.2) is 0 Å². The minimum absolute atomic E-state index is 0.145. The predicted octanol–water partition coefficient (Wildman–Crippen LogP) is -1.66. The van der Waals surface area contributed by atoms with Crippen LogP contribution >= 0.6 is 7.67 Å². The van der Waals surface area contributed by atoms with E-state index >= 15 is 0 Å². The van der Waals surface area contributed by atoms with E-state index in [1.807, 2.05) is 0 Å². The third-order valence-electron chi connectivity index (χ3n) is 3.75. The monoisotopic (exact) mass is 343 g/mol. The molecule has 0 amide bonds. The van der Waals surface area contributed by atoms with Crippen LogP contribution in [0.15, 0.2) is 0 Å². The molecule has 0 aliphatic carbocycles. The number of aliphatic hydroxyl groups excluding tert-OH is 1. The van der Waals surface area contributed by atoms with Gasteiger partial charge in [-0.1, -0.05) is 0 Å². The Morgan fingerprint density at radius 3 is 2.57 bits per heavy atom. The van der Waals surface area contributed by atoms with E-state index in [0.717, 1.165) is 0 Å². The molecule has 2 aliphatic rings. The smallest absolute Gasteiger partial charge is 0.345 e. The minimum atomic E-state index is -3.29. The topological polar surface area (TPSA) is 83.5 Å². The molecule has 8 nitrogen and oxygen atoms in total. The third kappa shape index (κ3) is 5.03. The summed E-state index contributed by atoms with van der Waals surface area (Å²) in [6.07, 6.45) is -0.757. The lowest BCUT2D eigenvalue weighted by Gasteiger charge is -2.42. The van der Waals surface area contributed by atoms with Crippen LogP contribution in [-0.2, 0) is 18.6 Å².